The molecule has 160 valence electrons. The summed E-state index contributed by atoms with van der Waals surface area (Å²) in [5.41, 5.74) is 14.7. The first kappa shape index (κ1) is 20.6. The van der Waals surface area contributed by atoms with Crippen molar-refractivity contribution < 1.29 is 9.53 Å². The third-order valence-electron chi connectivity index (χ3n) is 5.26. The van der Waals surface area contributed by atoms with E-state index in [1.165, 1.54) is 25.7 Å². The number of hydrogen-bond acceptors (Lipinski definition) is 10. The van der Waals surface area contributed by atoms with E-state index in [-0.39, 0.29) is 29.8 Å². The highest BCUT2D eigenvalue weighted by Crippen LogP contribution is 2.25. The maximum Gasteiger partial charge on any atom is 0.232 e. The van der Waals surface area contributed by atoms with Gasteiger partial charge in [0, 0.05) is 49.2 Å². The zero-order valence-electron chi connectivity index (χ0n) is 17.2. The van der Waals surface area contributed by atoms with Crippen LogP contribution in [0.3, 0.4) is 0 Å². The Bertz CT molecular complexity index is 1080. The van der Waals surface area contributed by atoms with E-state index in [9.17, 15) is 4.79 Å². The van der Waals surface area contributed by atoms with E-state index in [4.69, 9.17) is 16.2 Å². The lowest BCUT2D eigenvalue weighted by molar-refractivity contribution is 0.0989. The number of piperidine rings is 1. The number of anilines is 2. The first-order chi connectivity index (χ1) is 15.0. The van der Waals surface area contributed by atoms with Crippen LogP contribution in [0.4, 0.5) is 11.5 Å². The number of ketones is 1. The highest BCUT2D eigenvalue weighted by molar-refractivity contribution is 6.00. The second kappa shape index (κ2) is 9.00. The summed E-state index contributed by atoms with van der Waals surface area (Å²) in [6.07, 6.45) is 9.85. The first-order valence-corrected chi connectivity index (χ1v) is 10.0. The number of nitrogen functional groups attached to an aromatic ring is 1. The molecule has 0 aromatic carbocycles. The van der Waals surface area contributed by atoms with Crippen LogP contribution in [-0.2, 0) is 6.42 Å². The number of aromatic nitrogens is 5. The molecule has 0 atom stereocenters. The van der Waals surface area contributed by atoms with Crippen LogP contribution in [0.5, 0.6) is 5.88 Å². The Hall–Kier alpha value is -3.66. The zero-order valence-corrected chi connectivity index (χ0v) is 17.2. The summed E-state index contributed by atoms with van der Waals surface area (Å²) < 4.78 is 5.10. The van der Waals surface area contributed by atoms with Crippen LogP contribution in [0.2, 0.25) is 0 Å². The molecular weight excluding hydrogens is 396 g/mol. The fourth-order valence-electron chi connectivity index (χ4n) is 3.56. The number of Topliss-reactive ketones (excluding diaryl/α,β-unsaturated/α-hetero) is 1. The smallest absolute Gasteiger partial charge is 0.232 e. The summed E-state index contributed by atoms with van der Waals surface area (Å²) in [7, 11) is 1.50. The van der Waals surface area contributed by atoms with Gasteiger partial charge in [0.15, 0.2) is 11.6 Å². The lowest BCUT2D eigenvalue weighted by Crippen LogP contribution is -2.40. The second-order valence-electron chi connectivity index (χ2n) is 7.36. The quantitative estimate of drug-likeness (QED) is 0.559. The molecule has 0 aliphatic carbocycles. The average molecular weight is 420 g/mol. The van der Waals surface area contributed by atoms with Gasteiger partial charge in [0.25, 0.3) is 0 Å². The van der Waals surface area contributed by atoms with Crippen molar-refractivity contribution in [2.75, 3.05) is 30.8 Å². The molecule has 10 nitrogen and oxygen atoms in total. The van der Waals surface area contributed by atoms with Gasteiger partial charge in [-0.15, -0.1) is 0 Å². The molecule has 0 bridgehead atoms. The number of carbonyl (C=O) groups excluding carboxylic acids is 1. The summed E-state index contributed by atoms with van der Waals surface area (Å²) in [5, 5.41) is 0. The van der Waals surface area contributed by atoms with Gasteiger partial charge in [0.2, 0.25) is 5.88 Å². The first-order valence-electron chi connectivity index (χ1n) is 10.0. The van der Waals surface area contributed by atoms with Gasteiger partial charge in [-0.1, -0.05) is 0 Å². The van der Waals surface area contributed by atoms with Crippen molar-refractivity contribution in [3.63, 3.8) is 0 Å². The molecule has 10 heteroatoms. The number of rotatable bonds is 6. The molecule has 31 heavy (non-hydrogen) atoms. The Morgan fingerprint density at radius 3 is 2.68 bits per heavy atom. The SMILES string of the molecule is COc1cncc(-c2cnc(N)c(C(=O)Cc3cnccc3N3CCC(N)CC3)n2)n1. The normalized spacial score (nSPS) is 14.5. The number of nitrogens with two attached hydrogens (primary N) is 2. The molecule has 1 saturated heterocycles. The molecule has 0 unspecified atom stereocenters. The molecule has 0 amide bonds. The van der Waals surface area contributed by atoms with E-state index in [0.29, 0.717) is 17.3 Å². The Balaban J connectivity index is 1.60. The minimum absolute atomic E-state index is 0.0685. The van der Waals surface area contributed by atoms with Crippen LogP contribution >= 0.6 is 0 Å². The number of ether oxygens (including phenoxy) is 1. The fourth-order valence-corrected chi connectivity index (χ4v) is 3.56. The number of nitrogens with zero attached hydrogens (tertiary/aromatic N) is 6. The predicted octanol–water partition coefficient (Wildman–Crippen LogP) is 1.27. The van der Waals surface area contributed by atoms with Gasteiger partial charge in [-0.25, -0.2) is 15.0 Å². The van der Waals surface area contributed by atoms with Gasteiger partial charge in [-0.2, -0.15) is 0 Å². The second-order valence-corrected chi connectivity index (χ2v) is 7.36. The van der Waals surface area contributed by atoms with Crippen molar-refractivity contribution in [3.05, 3.63) is 48.3 Å². The number of carbonyl (C=O) groups is 1. The standard InChI is InChI=1S/C21H24N8O2/c1-31-19-12-25-10-15(27-19)16-11-26-21(23)20(28-16)18(30)8-13-9-24-5-2-17(13)29-6-3-14(22)4-7-29/h2,5,9-12,14H,3-4,6-8,22H2,1H3,(H2,23,26). The summed E-state index contributed by atoms with van der Waals surface area (Å²) in [5.74, 6) is 0.162. The third kappa shape index (κ3) is 4.58. The van der Waals surface area contributed by atoms with Crippen molar-refractivity contribution in [1.82, 2.24) is 24.9 Å². The molecule has 4 N–H and O–H groups in total. The van der Waals surface area contributed by atoms with Gasteiger partial charge in [0.05, 0.1) is 25.7 Å². The molecule has 1 aliphatic heterocycles. The minimum atomic E-state index is -0.245. The van der Waals surface area contributed by atoms with Crippen molar-refractivity contribution in [2.24, 2.45) is 5.73 Å². The van der Waals surface area contributed by atoms with E-state index in [1.54, 1.807) is 12.4 Å². The highest BCUT2D eigenvalue weighted by Gasteiger charge is 2.22. The number of hydrogen-bond donors (Lipinski definition) is 2. The van der Waals surface area contributed by atoms with Crippen molar-refractivity contribution in [2.45, 2.75) is 25.3 Å². The summed E-state index contributed by atoms with van der Waals surface area (Å²) >= 11 is 0. The largest absolute Gasteiger partial charge is 0.480 e. The van der Waals surface area contributed by atoms with Gasteiger partial charge < -0.3 is 21.1 Å². The molecular formula is C21H24N8O2. The maximum atomic E-state index is 13.1. The Morgan fingerprint density at radius 2 is 1.90 bits per heavy atom. The van der Waals surface area contributed by atoms with Crippen LogP contribution in [0.25, 0.3) is 11.4 Å². The van der Waals surface area contributed by atoms with Gasteiger partial charge in [-0.05, 0) is 18.9 Å². The fraction of sp³-hybridized carbons (Fsp3) is 0.333. The third-order valence-corrected chi connectivity index (χ3v) is 5.26. The number of pyridine rings is 1. The van der Waals surface area contributed by atoms with Crippen molar-refractivity contribution in [3.8, 4) is 17.3 Å². The Kier molecular flexibility index (Phi) is 5.99. The van der Waals surface area contributed by atoms with E-state index in [0.717, 1.165) is 37.2 Å². The van der Waals surface area contributed by atoms with Crippen LogP contribution < -0.4 is 21.1 Å². The van der Waals surface area contributed by atoms with Crippen molar-refractivity contribution >= 4 is 17.3 Å². The molecule has 1 fully saturated rings. The van der Waals surface area contributed by atoms with E-state index < -0.39 is 0 Å². The molecule has 4 heterocycles. The summed E-state index contributed by atoms with van der Waals surface area (Å²) in [6, 6.07) is 2.15. The monoisotopic (exact) mass is 420 g/mol. The highest BCUT2D eigenvalue weighted by atomic mass is 16.5. The van der Waals surface area contributed by atoms with Gasteiger partial charge >= 0.3 is 0 Å². The molecule has 0 saturated carbocycles. The van der Waals surface area contributed by atoms with Crippen LogP contribution in [0.1, 0.15) is 28.9 Å². The molecule has 4 rings (SSSR count). The molecule has 0 radical (unpaired) electrons. The average Bonchev–Trinajstić information content (AvgIpc) is 2.80. The molecule has 3 aromatic rings. The van der Waals surface area contributed by atoms with Gasteiger partial charge in [0.1, 0.15) is 17.1 Å². The van der Waals surface area contributed by atoms with Crippen molar-refractivity contribution in [1.29, 1.82) is 0 Å². The van der Waals surface area contributed by atoms with Gasteiger partial charge in [-0.3, -0.25) is 14.8 Å². The number of methoxy groups -OCH3 is 1. The molecule has 3 aromatic heterocycles. The van der Waals surface area contributed by atoms with Crippen LogP contribution in [0, 0.1) is 0 Å². The topological polar surface area (TPSA) is 146 Å². The Morgan fingerprint density at radius 1 is 1.13 bits per heavy atom. The van der Waals surface area contributed by atoms with Crippen LogP contribution in [0.15, 0.2) is 37.1 Å². The molecule has 0 spiro atoms. The van der Waals surface area contributed by atoms with E-state index in [2.05, 4.69) is 29.8 Å². The maximum absolute atomic E-state index is 13.1. The van der Waals surface area contributed by atoms with E-state index in [1.807, 2.05) is 6.07 Å². The zero-order chi connectivity index (χ0) is 21.8. The minimum Gasteiger partial charge on any atom is -0.480 e. The lowest BCUT2D eigenvalue weighted by atomic mass is 10.0. The predicted molar refractivity (Wildman–Crippen MR) is 116 cm³/mol. The summed E-state index contributed by atoms with van der Waals surface area (Å²) in [6.45, 7) is 1.69. The van der Waals surface area contributed by atoms with Crippen LogP contribution in [-0.4, -0.2) is 56.9 Å². The summed E-state index contributed by atoms with van der Waals surface area (Å²) in [4.78, 5) is 36.5. The lowest BCUT2D eigenvalue weighted by Gasteiger charge is -2.33. The Labute approximate surface area is 179 Å². The molecule has 1 aliphatic rings. The van der Waals surface area contributed by atoms with E-state index >= 15 is 0 Å².